The van der Waals surface area contributed by atoms with Crippen LogP contribution in [-0.4, -0.2) is 50.7 Å². The Morgan fingerprint density at radius 2 is 1.71 bits per heavy atom. The predicted octanol–water partition coefficient (Wildman–Crippen LogP) is 7.79. The lowest BCUT2D eigenvalue weighted by Gasteiger charge is -2.26. The van der Waals surface area contributed by atoms with Gasteiger partial charge in [0.1, 0.15) is 17.1 Å². The van der Waals surface area contributed by atoms with Gasteiger partial charge in [0, 0.05) is 48.7 Å². The highest BCUT2D eigenvalue weighted by atomic mass is 16.3. The minimum atomic E-state index is -0.402. The normalized spacial score (nSPS) is 14.3. The molecule has 9 nitrogen and oxygen atoms in total. The number of nitrogens with one attached hydrogen (secondary N) is 2. The van der Waals surface area contributed by atoms with Crippen LogP contribution in [0.25, 0.3) is 44.6 Å². The second kappa shape index (κ2) is 14.1. The van der Waals surface area contributed by atoms with Crippen LogP contribution in [0.4, 0.5) is 11.5 Å². The second-order valence-corrected chi connectivity index (χ2v) is 13.1. The van der Waals surface area contributed by atoms with E-state index < -0.39 is 6.10 Å². The fourth-order valence-electron chi connectivity index (χ4n) is 6.82. The molecule has 1 atom stereocenters. The highest BCUT2D eigenvalue weighted by Crippen LogP contribution is 2.37. The molecule has 0 radical (unpaired) electrons. The first-order valence-corrected chi connectivity index (χ1v) is 17.0. The lowest BCUT2D eigenvalue weighted by molar-refractivity contribution is 0.191. The van der Waals surface area contributed by atoms with E-state index in [4.69, 9.17) is 14.4 Å². The average Bonchev–Trinajstić information content (AvgIpc) is 3.53. The Balaban J connectivity index is 1.18. The van der Waals surface area contributed by atoms with Crippen LogP contribution in [0.2, 0.25) is 0 Å². The molecule has 3 N–H and O–H groups in total. The maximum absolute atomic E-state index is 10.00. The number of anilines is 2. The molecule has 0 aliphatic carbocycles. The van der Waals surface area contributed by atoms with Gasteiger partial charge in [-0.3, -0.25) is 9.88 Å². The van der Waals surface area contributed by atoms with E-state index in [2.05, 4.69) is 70.8 Å². The summed E-state index contributed by atoms with van der Waals surface area (Å²) in [5.41, 5.74) is 10.8. The van der Waals surface area contributed by atoms with E-state index in [0.717, 1.165) is 75.2 Å². The average molecular weight is 652 g/mol. The zero-order chi connectivity index (χ0) is 33.9. The fourth-order valence-corrected chi connectivity index (χ4v) is 6.82. The number of aliphatic hydroxyl groups excluding tert-OH is 1. The molecule has 0 amide bonds. The van der Waals surface area contributed by atoms with Gasteiger partial charge in [-0.25, -0.2) is 9.97 Å². The molecular formula is C40H41N7O2. The number of rotatable bonds is 10. The van der Waals surface area contributed by atoms with Gasteiger partial charge < -0.3 is 20.2 Å². The smallest absolute Gasteiger partial charge is 0.227 e. The number of pyridine rings is 2. The van der Waals surface area contributed by atoms with Crippen LogP contribution in [0.3, 0.4) is 0 Å². The largest absolute Gasteiger partial charge is 0.435 e. The Morgan fingerprint density at radius 3 is 2.51 bits per heavy atom. The summed E-state index contributed by atoms with van der Waals surface area (Å²) in [5, 5.41) is 27.3. The highest BCUT2D eigenvalue weighted by molar-refractivity contribution is 5.91. The van der Waals surface area contributed by atoms with Crippen LogP contribution in [-0.2, 0) is 13.1 Å². The first kappa shape index (κ1) is 32.4. The van der Waals surface area contributed by atoms with E-state index in [0.29, 0.717) is 41.5 Å². The van der Waals surface area contributed by atoms with Gasteiger partial charge in [-0.1, -0.05) is 30.7 Å². The summed E-state index contributed by atoms with van der Waals surface area (Å²) in [6, 6.07) is 22.8. The van der Waals surface area contributed by atoms with Crippen LogP contribution in [0.1, 0.15) is 54.0 Å². The van der Waals surface area contributed by atoms with Crippen molar-refractivity contribution in [3.63, 3.8) is 0 Å². The van der Waals surface area contributed by atoms with Crippen LogP contribution in [0.5, 0.6) is 0 Å². The lowest BCUT2D eigenvalue weighted by atomic mass is 9.93. The van der Waals surface area contributed by atoms with Crippen LogP contribution < -0.4 is 10.6 Å². The van der Waals surface area contributed by atoms with Gasteiger partial charge in [0.25, 0.3) is 0 Å². The third kappa shape index (κ3) is 6.90. The second-order valence-electron chi connectivity index (χ2n) is 13.1. The zero-order valence-corrected chi connectivity index (χ0v) is 28.3. The zero-order valence-electron chi connectivity index (χ0n) is 28.3. The van der Waals surface area contributed by atoms with Crippen molar-refractivity contribution in [2.45, 2.75) is 59.2 Å². The Kier molecular flexibility index (Phi) is 9.36. The summed E-state index contributed by atoms with van der Waals surface area (Å²) in [5.74, 6) is 1.20. The summed E-state index contributed by atoms with van der Waals surface area (Å²) < 4.78 is 6.32. The van der Waals surface area contributed by atoms with Crippen molar-refractivity contribution >= 4 is 33.5 Å². The van der Waals surface area contributed by atoms with E-state index in [1.165, 1.54) is 19.3 Å². The summed E-state index contributed by atoms with van der Waals surface area (Å²) >= 11 is 0. The van der Waals surface area contributed by atoms with Gasteiger partial charge >= 0.3 is 0 Å². The van der Waals surface area contributed by atoms with E-state index >= 15 is 0 Å². The molecule has 7 rings (SSSR count). The number of likely N-dealkylation sites (tertiary alicyclic amines) is 1. The van der Waals surface area contributed by atoms with Gasteiger partial charge in [-0.2, -0.15) is 5.26 Å². The maximum Gasteiger partial charge on any atom is 0.227 e. The molecule has 3 aromatic carbocycles. The molecule has 248 valence electrons. The summed E-state index contributed by atoms with van der Waals surface area (Å²) in [7, 11) is 0. The minimum Gasteiger partial charge on any atom is -0.435 e. The molecule has 1 saturated heterocycles. The lowest BCUT2D eigenvalue weighted by Crippen LogP contribution is -2.29. The first-order valence-electron chi connectivity index (χ1n) is 17.0. The summed E-state index contributed by atoms with van der Waals surface area (Å²) in [4.78, 5) is 16.7. The van der Waals surface area contributed by atoms with Crippen LogP contribution in [0, 0.1) is 25.2 Å². The number of fused-ring (bicyclic) bond motifs is 2. The van der Waals surface area contributed by atoms with E-state index in [9.17, 15) is 10.4 Å². The molecule has 1 fully saturated rings. The molecule has 4 heterocycles. The van der Waals surface area contributed by atoms with Gasteiger partial charge in [0.15, 0.2) is 11.4 Å². The number of benzene rings is 3. The topological polar surface area (TPSA) is 123 Å². The SMILES string of the molecule is Cc1c(Nc2nccc3cc(CNCC(C)O)cnc23)cccc1-c1cccc(-c2nc3cc(CN4CCCCC4)cc(C#N)c3o2)c1C. The number of oxazole rings is 1. The van der Waals surface area contributed by atoms with Crippen molar-refractivity contribution in [3.05, 3.63) is 101 Å². The molecule has 0 saturated carbocycles. The van der Waals surface area contributed by atoms with Gasteiger partial charge in [0.2, 0.25) is 5.89 Å². The summed E-state index contributed by atoms with van der Waals surface area (Å²) in [6.07, 6.45) is 6.97. The molecule has 6 aromatic rings. The Bertz CT molecular complexity index is 2180. The molecule has 9 heteroatoms. The van der Waals surface area contributed by atoms with Gasteiger partial charge in [-0.05, 0) is 116 Å². The van der Waals surface area contributed by atoms with Crippen LogP contribution in [0.15, 0.2) is 77.5 Å². The molecule has 0 bridgehead atoms. The number of nitrogens with zero attached hydrogens (tertiary/aromatic N) is 5. The number of hydrogen-bond donors (Lipinski definition) is 3. The van der Waals surface area contributed by atoms with Gasteiger partial charge in [0.05, 0.1) is 11.7 Å². The summed E-state index contributed by atoms with van der Waals surface area (Å²) in [6.45, 7) is 10.1. The number of aliphatic hydroxyl groups is 1. The van der Waals surface area contributed by atoms with Crippen molar-refractivity contribution in [3.8, 4) is 28.7 Å². The molecular weight excluding hydrogens is 610 g/mol. The molecule has 49 heavy (non-hydrogen) atoms. The molecule has 1 aliphatic heterocycles. The van der Waals surface area contributed by atoms with Crippen molar-refractivity contribution in [1.82, 2.24) is 25.2 Å². The first-order chi connectivity index (χ1) is 23.9. The third-order valence-corrected chi connectivity index (χ3v) is 9.39. The monoisotopic (exact) mass is 651 g/mol. The van der Waals surface area contributed by atoms with E-state index in [1.54, 1.807) is 13.1 Å². The maximum atomic E-state index is 10.00. The quantitative estimate of drug-likeness (QED) is 0.136. The molecule has 1 aliphatic rings. The van der Waals surface area contributed by atoms with Crippen LogP contribution >= 0.6 is 0 Å². The highest BCUT2D eigenvalue weighted by Gasteiger charge is 2.19. The van der Waals surface area contributed by atoms with Crippen molar-refractivity contribution in [2.24, 2.45) is 0 Å². The predicted molar refractivity (Wildman–Crippen MR) is 194 cm³/mol. The number of nitriles is 1. The Labute approximate surface area is 286 Å². The fraction of sp³-hybridized carbons (Fsp3) is 0.300. The van der Waals surface area contributed by atoms with Gasteiger partial charge in [-0.15, -0.1) is 0 Å². The van der Waals surface area contributed by atoms with E-state index in [1.807, 2.05) is 36.5 Å². The third-order valence-electron chi connectivity index (χ3n) is 9.39. The standard InChI is InChI=1S/C40H41N7O2/c1-25(48)21-42-22-29-18-30-13-14-43-39(37(30)44-23-29)45-35-12-8-10-33(27(35)3)32-9-7-11-34(26(32)2)40-46-36-19-28(17-31(20-41)38(36)49-40)24-47-15-5-4-6-16-47/h7-14,17-19,23,25,42,48H,4-6,15-16,21-22,24H2,1-3H3,(H,43,45). The minimum absolute atomic E-state index is 0.402. The molecule has 1 unspecified atom stereocenters. The van der Waals surface area contributed by atoms with E-state index in [-0.39, 0.29) is 0 Å². The molecule has 3 aromatic heterocycles. The molecule has 0 spiro atoms. The van der Waals surface area contributed by atoms with Crippen molar-refractivity contribution in [2.75, 3.05) is 25.0 Å². The Morgan fingerprint density at radius 1 is 0.939 bits per heavy atom. The van der Waals surface area contributed by atoms with Crippen molar-refractivity contribution < 1.29 is 9.52 Å². The number of hydrogen-bond acceptors (Lipinski definition) is 9. The Hall–Kier alpha value is -5.14. The number of aromatic nitrogens is 3. The van der Waals surface area contributed by atoms with Crippen molar-refractivity contribution in [1.29, 1.82) is 5.26 Å². The number of piperidine rings is 1.